The topological polar surface area (TPSA) is 49.6 Å². The van der Waals surface area contributed by atoms with E-state index < -0.39 is 0 Å². The Morgan fingerprint density at radius 2 is 2.06 bits per heavy atom. The number of carbonyl (C=O) groups is 1. The van der Waals surface area contributed by atoms with Gasteiger partial charge in [-0.2, -0.15) is 0 Å². The molecule has 1 aromatic rings. The van der Waals surface area contributed by atoms with Gasteiger partial charge in [0.25, 0.3) is 0 Å². The fourth-order valence-corrected chi connectivity index (χ4v) is 2.37. The van der Waals surface area contributed by atoms with Gasteiger partial charge < -0.3 is 15.5 Å². The lowest BCUT2D eigenvalue weighted by atomic mass is 10.1. The van der Waals surface area contributed by atoms with Gasteiger partial charge in [0, 0.05) is 20.1 Å². The summed E-state index contributed by atoms with van der Waals surface area (Å²) < 4.78 is 0. The number of hydrogen-bond acceptors (Lipinski definition) is 2. The summed E-state index contributed by atoms with van der Waals surface area (Å²) in [6.07, 6.45) is 0. The molecule has 0 aliphatic carbocycles. The number of nitrogens with zero attached hydrogens (tertiary/aromatic N) is 2. The zero-order chi connectivity index (χ0) is 13.1. The molecule has 4 nitrogen and oxygen atoms in total. The third-order valence-corrected chi connectivity index (χ3v) is 3.55. The first-order valence-corrected chi connectivity index (χ1v) is 6.40. The summed E-state index contributed by atoms with van der Waals surface area (Å²) >= 11 is 0. The van der Waals surface area contributed by atoms with Crippen LogP contribution in [0.1, 0.15) is 18.5 Å². The number of likely N-dealkylation sites (N-methyl/N-ethyl adjacent to an activating group) is 1. The van der Waals surface area contributed by atoms with Crippen LogP contribution in [0.5, 0.6) is 0 Å². The Morgan fingerprint density at radius 1 is 1.39 bits per heavy atom. The SMILES string of the molecule is CC(CN)CN1CC(c2ccccc2)N(C)C1=O. The molecule has 98 valence electrons. The maximum Gasteiger partial charge on any atom is 0.320 e. The summed E-state index contributed by atoms with van der Waals surface area (Å²) in [5, 5.41) is 0. The molecule has 2 rings (SSSR count). The van der Waals surface area contributed by atoms with Crippen LogP contribution < -0.4 is 5.73 Å². The third-order valence-electron chi connectivity index (χ3n) is 3.55. The lowest BCUT2D eigenvalue weighted by molar-refractivity contribution is 0.191. The Morgan fingerprint density at radius 3 is 2.67 bits per heavy atom. The monoisotopic (exact) mass is 247 g/mol. The second kappa shape index (κ2) is 5.40. The molecule has 0 bridgehead atoms. The normalized spacial score (nSPS) is 21.5. The Kier molecular flexibility index (Phi) is 3.87. The number of urea groups is 1. The predicted molar refractivity (Wildman–Crippen MR) is 72.1 cm³/mol. The molecular formula is C14H21N3O. The lowest BCUT2D eigenvalue weighted by Gasteiger charge is -2.19. The second-order valence-electron chi connectivity index (χ2n) is 5.07. The van der Waals surface area contributed by atoms with Crippen molar-refractivity contribution in [2.45, 2.75) is 13.0 Å². The first-order valence-electron chi connectivity index (χ1n) is 6.40. The molecule has 2 N–H and O–H groups in total. The molecule has 1 aliphatic rings. The molecule has 2 amide bonds. The molecule has 2 unspecified atom stereocenters. The highest BCUT2D eigenvalue weighted by atomic mass is 16.2. The first kappa shape index (κ1) is 12.9. The lowest BCUT2D eigenvalue weighted by Crippen LogP contribution is -2.34. The molecule has 18 heavy (non-hydrogen) atoms. The Hall–Kier alpha value is -1.55. The van der Waals surface area contributed by atoms with Crippen LogP contribution in [0, 0.1) is 5.92 Å². The minimum absolute atomic E-state index is 0.101. The second-order valence-corrected chi connectivity index (χ2v) is 5.07. The van der Waals surface area contributed by atoms with Gasteiger partial charge >= 0.3 is 6.03 Å². The molecule has 0 aromatic heterocycles. The van der Waals surface area contributed by atoms with Crippen LogP contribution in [-0.4, -0.2) is 42.5 Å². The first-order chi connectivity index (χ1) is 8.63. The van der Waals surface area contributed by atoms with Gasteiger partial charge in [-0.1, -0.05) is 37.3 Å². The number of nitrogens with two attached hydrogens (primary N) is 1. The molecule has 1 fully saturated rings. The van der Waals surface area contributed by atoms with E-state index in [0.717, 1.165) is 13.1 Å². The third kappa shape index (κ3) is 2.48. The molecule has 2 atom stereocenters. The average molecular weight is 247 g/mol. The number of hydrogen-bond donors (Lipinski definition) is 1. The van der Waals surface area contributed by atoms with Crippen molar-refractivity contribution in [3.05, 3.63) is 35.9 Å². The summed E-state index contributed by atoms with van der Waals surface area (Å²) in [6, 6.07) is 10.4. The highest BCUT2D eigenvalue weighted by Crippen LogP contribution is 2.28. The van der Waals surface area contributed by atoms with E-state index in [-0.39, 0.29) is 12.1 Å². The van der Waals surface area contributed by atoms with Crippen LogP contribution in [0.3, 0.4) is 0 Å². The highest BCUT2D eigenvalue weighted by Gasteiger charge is 2.35. The maximum absolute atomic E-state index is 12.2. The molecule has 1 aliphatic heterocycles. The summed E-state index contributed by atoms with van der Waals surface area (Å²) in [5.74, 6) is 0.344. The van der Waals surface area contributed by atoms with E-state index in [2.05, 4.69) is 19.1 Å². The summed E-state index contributed by atoms with van der Waals surface area (Å²) in [5.41, 5.74) is 6.82. The van der Waals surface area contributed by atoms with Crippen LogP contribution in [0.2, 0.25) is 0 Å². The maximum atomic E-state index is 12.2. The smallest absolute Gasteiger partial charge is 0.320 e. The van der Waals surface area contributed by atoms with E-state index in [1.807, 2.05) is 35.0 Å². The van der Waals surface area contributed by atoms with Gasteiger partial charge in [-0.05, 0) is 18.0 Å². The molecular weight excluding hydrogens is 226 g/mol. The van der Waals surface area contributed by atoms with Crippen molar-refractivity contribution in [3.8, 4) is 0 Å². The van der Waals surface area contributed by atoms with Gasteiger partial charge in [0.2, 0.25) is 0 Å². The van der Waals surface area contributed by atoms with E-state index >= 15 is 0 Å². The summed E-state index contributed by atoms with van der Waals surface area (Å²) in [4.78, 5) is 15.9. The van der Waals surface area contributed by atoms with E-state index in [0.29, 0.717) is 12.5 Å². The zero-order valence-electron chi connectivity index (χ0n) is 11.0. The largest absolute Gasteiger partial charge is 0.330 e. The zero-order valence-corrected chi connectivity index (χ0v) is 11.0. The Bertz CT molecular complexity index is 407. The fraction of sp³-hybridized carbons (Fsp3) is 0.500. The van der Waals surface area contributed by atoms with Crippen molar-refractivity contribution in [1.29, 1.82) is 0 Å². The molecule has 0 saturated carbocycles. The van der Waals surface area contributed by atoms with Crippen LogP contribution in [0.15, 0.2) is 30.3 Å². The standard InChI is InChI=1S/C14H21N3O/c1-11(8-15)9-17-10-13(16(2)14(17)18)12-6-4-3-5-7-12/h3-7,11,13H,8-10,15H2,1-2H3. The van der Waals surface area contributed by atoms with Gasteiger partial charge in [0.1, 0.15) is 0 Å². The molecule has 4 heteroatoms. The quantitative estimate of drug-likeness (QED) is 0.880. The van der Waals surface area contributed by atoms with Gasteiger partial charge in [-0.3, -0.25) is 0 Å². The predicted octanol–water partition coefficient (Wildman–Crippen LogP) is 1.69. The molecule has 1 heterocycles. The Labute approximate surface area is 108 Å². The minimum Gasteiger partial charge on any atom is -0.330 e. The van der Waals surface area contributed by atoms with Crippen LogP contribution in [-0.2, 0) is 0 Å². The van der Waals surface area contributed by atoms with Gasteiger partial charge in [0.05, 0.1) is 6.04 Å². The van der Waals surface area contributed by atoms with Crippen molar-refractivity contribution >= 4 is 6.03 Å². The van der Waals surface area contributed by atoms with Crippen LogP contribution in [0.4, 0.5) is 4.79 Å². The number of amides is 2. The van der Waals surface area contributed by atoms with Gasteiger partial charge in [-0.15, -0.1) is 0 Å². The van der Waals surface area contributed by atoms with Gasteiger partial charge in [-0.25, -0.2) is 4.79 Å². The molecule has 1 saturated heterocycles. The van der Waals surface area contributed by atoms with Crippen LogP contribution in [0.25, 0.3) is 0 Å². The van der Waals surface area contributed by atoms with Crippen LogP contribution >= 0.6 is 0 Å². The summed E-state index contributed by atoms with van der Waals surface area (Å²) in [6.45, 7) is 4.18. The number of rotatable bonds is 4. The number of benzene rings is 1. The summed E-state index contributed by atoms with van der Waals surface area (Å²) in [7, 11) is 1.87. The van der Waals surface area contributed by atoms with Crippen molar-refractivity contribution in [2.75, 3.05) is 26.7 Å². The molecule has 0 spiro atoms. The van der Waals surface area contributed by atoms with Crippen molar-refractivity contribution < 1.29 is 4.79 Å². The number of carbonyl (C=O) groups excluding carboxylic acids is 1. The van der Waals surface area contributed by atoms with E-state index in [1.165, 1.54) is 5.56 Å². The van der Waals surface area contributed by atoms with Crippen molar-refractivity contribution in [1.82, 2.24) is 9.80 Å². The van der Waals surface area contributed by atoms with Crippen molar-refractivity contribution in [3.63, 3.8) is 0 Å². The van der Waals surface area contributed by atoms with Crippen molar-refractivity contribution in [2.24, 2.45) is 11.7 Å². The molecule has 1 aromatic carbocycles. The van der Waals surface area contributed by atoms with E-state index in [4.69, 9.17) is 5.73 Å². The fourth-order valence-electron chi connectivity index (χ4n) is 2.37. The van der Waals surface area contributed by atoms with E-state index in [1.54, 1.807) is 0 Å². The Balaban J connectivity index is 2.10. The molecule has 0 radical (unpaired) electrons. The van der Waals surface area contributed by atoms with Gasteiger partial charge in [0.15, 0.2) is 0 Å². The highest BCUT2D eigenvalue weighted by molar-refractivity contribution is 5.77. The van der Waals surface area contributed by atoms with E-state index in [9.17, 15) is 4.79 Å². The minimum atomic E-state index is 0.101. The average Bonchev–Trinajstić information content (AvgIpc) is 2.68.